The highest BCUT2D eigenvalue weighted by atomic mass is 16.2. The van der Waals surface area contributed by atoms with Crippen molar-refractivity contribution in [2.24, 2.45) is 5.41 Å². The Bertz CT molecular complexity index is 524. The van der Waals surface area contributed by atoms with Gasteiger partial charge in [0.15, 0.2) is 0 Å². The van der Waals surface area contributed by atoms with Gasteiger partial charge in [-0.25, -0.2) is 0 Å². The van der Waals surface area contributed by atoms with Crippen LogP contribution in [0.15, 0.2) is 24.3 Å². The van der Waals surface area contributed by atoms with Crippen molar-refractivity contribution < 1.29 is 9.59 Å². The monoisotopic (exact) mass is 304 g/mol. The van der Waals surface area contributed by atoms with Crippen molar-refractivity contribution in [3.8, 4) is 0 Å². The summed E-state index contributed by atoms with van der Waals surface area (Å²) >= 11 is 0. The molecule has 1 aromatic carbocycles. The van der Waals surface area contributed by atoms with Gasteiger partial charge in [0, 0.05) is 19.3 Å². The molecule has 0 aromatic heterocycles. The van der Waals surface area contributed by atoms with Crippen molar-refractivity contribution in [3.05, 3.63) is 29.8 Å². The number of rotatable bonds is 7. The Kier molecular flexibility index (Phi) is 6.60. The minimum absolute atomic E-state index is 0.146. The Morgan fingerprint density at radius 3 is 2.41 bits per heavy atom. The molecule has 0 fully saturated rings. The highest BCUT2D eigenvalue weighted by Gasteiger charge is 2.38. The number of amides is 2. The highest BCUT2D eigenvalue weighted by molar-refractivity contribution is 6.10. The molecule has 122 valence electrons. The fraction of sp³-hybridized carbons (Fsp3) is 0.556. The Morgan fingerprint density at radius 2 is 1.82 bits per heavy atom. The average molecular weight is 304 g/mol. The van der Waals surface area contributed by atoms with Gasteiger partial charge in [-0.1, -0.05) is 38.5 Å². The summed E-state index contributed by atoms with van der Waals surface area (Å²) in [6, 6.07) is 7.69. The molecule has 1 aromatic rings. The van der Waals surface area contributed by atoms with E-state index in [-0.39, 0.29) is 11.8 Å². The van der Waals surface area contributed by atoms with E-state index in [0.717, 1.165) is 30.5 Å². The largest absolute Gasteiger partial charge is 0.345 e. The summed E-state index contributed by atoms with van der Waals surface area (Å²) < 4.78 is 0. The van der Waals surface area contributed by atoms with Crippen molar-refractivity contribution in [1.29, 1.82) is 0 Å². The molecule has 0 aliphatic carbocycles. The average Bonchev–Trinajstić information content (AvgIpc) is 2.52. The number of carbonyl (C=O) groups is 2. The first-order chi connectivity index (χ1) is 10.3. The van der Waals surface area contributed by atoms with E-state index in [4.69, 9.17) is 0 Å². The number of nitrogens with zero attached hydrogens (tertiary/aromatic N) is 1. The minimum atomic E-state index is -1.08. The summed E-state index contributed by atoms with van der Waals surface area (Å²) in [7, 11) is 1.76. The minimum Gasteiger partial charge on any atom is -0.345 e. The Labute approximate surface area is 133 Å². The summed E-state index contributed by atoms with van der Waals surface area (Å²) in [6.07, 6.45) is 2.80. The Hall–Kier alpha value is -1.84. The molecule has 0 radical (unpaired) electrons. The van der Waals surface area contributed by atoms with Crippen molar-refractivity contribution in [3.63, 3.8) is 0 Å². The van der Waals surface area contributed by atoms with Crippen LogP contribution in [0.3, 0.4) is 0 Å². The molecule has 0 aliphatic heterocycles. The van der Waals surface area contributed by atoms with Crippen LogP contribution < -0.4 is 5.32 Å². The van der Waals surface area contributed by atoms with Gasteiger partial charge in [0.25, 0.3) is 0 Å². The van der Waals surface area contributed by atoms with Gasteiger partial charge in [0.2, 0.25) is 11.8 Å². The molecule has 2 amide bonds. The molecular weight excluding hydrogens is 276 g/mol. The molecule has 0 saturated carbocycles. The number of hydrogen-bond donors (Lipinski definition) is 1. The van der Waals surface area contributed by atoms with Crippen LogP contribution in [0, 0.1) is 5.41 Å². The first kappa shape index (κ1) is 18.2. The summed E-state index contributed by atoms with van der Waals surface area (Å²) in [4.78, 5) is 26.7. The van der Waals surface area contributed by atoms with Crippen molar-refractivity contribution in [2.45, 2.75) is 47.0 Å². The summed E-state index contributed by atoms with van der Waals surface area (Å²) in [6.45, 7) is 8.17. The van der Waals surface area contributed by atoms with E-state index >= 15 is 0 Å². The Balaban J connectivity index is 2.83. The lowest BCUT2D eigenvalue weighted by Gasteiger charge is -2.28. The van der Waals surface area contributed by atoms with Crippen LogP contribution in [0.4, 0.5) is 5.69 Å². The first-order valence-electron chi connectivity index (χ1n) is 7.99. The normalized spacial score (nSPS) is 11.1. The number of nitrogens with one attached hydrogen (secondary N) is 1. The molecule has 4 nitrogen and oxygen atoms in total. The number of hydrogen-bond acceptors (Lipinski definition) is 2. The topological polar surface area (TPSA) is 49.4 Å². The van der Waals surface area contributed by atoms with Crippen molar-refractivity contribution >= 4 is 17.5 Å². The molecule has 0 unspecified atom stereocenters. The van der Waals surface area contributed by atoms with E-state index in [1.54, 1.807) is 25.8 Å². The second-order valence-electron chi connectivity index (χ2n) is 6.17. The van der Waals surface area contributed by atoms with E-state index < -0.39 is 5.41 Å². The smallest absolute Gasteiger partial charge is 0.239 e. The molecule has 4 heteroatoms. The van der Waals surface area contributed by atoms with Crippen LogP contribution >= 0.6 is 0 Å². The Morgan fingerprint density at radius 1 is 1.18 bits per heavy atom. The second-order valence-corrected chi connectivity index (χ2v) is 6.17. The van der Waals surface area contributed by atoms with Crippen LogP contribution in [0.5, 0.6) is 0 Å². The fourth-order valence-corrected chi connectivity index (χ4v) is 2.30. The molecule has 22 heavy (non-hydrogen) atoms. The van der Waals surface area contributed by atoms with Crippen LogP contribution in [-0.2, 0) is 16.0 Å². The van der Waals surface area contributed by atoms with Gasteiger partial charge in [0.1, 0.15) is 5.41 Å². The zero-order chi connectivity index (χ0) is 16.8. The lowest BCUT2D eigenvalue weighted by Crippen LogP contribution is -2.46. The van der Waals surface area contributed by atoms with E-state index in [1.165, 1.54) is 0 Å². The lowest BCUT2D eigenvalue weighted by atomic mass is 9.90. The second kappa shape index (κ2) is 7.97. The number of benzene rings is 1. The zero-order valence-electron chi connectivity index (χ0n) is 14.4. The maximum Gasteiger partial charge on any atom is 0.239 e. The van der Waals surface area contributed by atoms with E-state index in [1.807, 2.05) is 31.2 Å². The van der Waals surface area contributed by atoms with Gasteiger partial charge in [0.05, 0.1) is 0 Å². The molecule has 0 heterocycles. The van der Waals surface area contributed by atoms with Crippen LogP contribution in [-0.4, -0.2) is 30.3 Å². The van der Waals surface area contributed by atoms with Gasteiger partial charge in [-0.15, -0.1) is 0 Å². The summed E-state index contributed by atoms with van der Waals surface area (Å²) in [5.41, 5.74) is 0.772. The standard InChI is InChI=1S/C18H28N2O2/c1-6-8-13-20(5)17(22)18(3,4)16(21)19-15-12-10-9-11-14(15)7-2/h9-12H,6-8,13H2,1-5H3,(H,19,21). The molecule has 0 aliphatic rings. The quantitative estimate of drug-likeness (QED) is 0.784. The highest BCUT2D eigenvalue weighted by Crippen LogP contribution is 2.23. The van der Waals surface area contributed by atoms with Gasteiger partial charge < -0.3 is 10.2 Å². The number of aryl methyl sites for hydroxylation is 1. The molecular formula is C18H28N2O2. The third-order valence-corrected chi connectivity index (χ3v) is 3.94. The van der Waals surface area contributed by atoms with Crippen LogP contribution in [0.2, 0.25) is 0 Å². The van der Waals surface area contributed by atoms with Gasteiger partial charge in [-0.3, -0.25) is 9.59 Å². The van der Waals surface area contributed by atoms with Gasteiger partial charge in [-0.05, 0) is 38.3 Å². The molecule has 0 atom stereocenters. The molecule has 0 bridgehead atoms. The SMILES string of the molecule is CCCCN(C)C(=O)C(C)(C)C(=O)Nc1ccccc1CC. The van der Waals surface area contributed by atoms with E-state index in [0.29, 0.717) is 6.54 Å². The number of carbonyl (C=O) groups excluding carboxylic acids is 2. The summed E-state index contributed by atoms with van der Waals surface area (Å²) in [5, 5.41) is 2.91. The van der Waals surface area contributed by atoms with E-state index in [9.17, 15) is 9.59 Å². The van der Waals surface area contributed by atoms with Gasteiger partial charge in [-0.2, -0.15) is 0 Å². The molecule has 1 rings (SSSR count). The van der Waals surface area contributed by atoms with Crippen LogP contribution in [0.25, 0.3) is 0 Å². The molecule has 0 saturated heterocycles. The van der Waals surface area contributed by atoms with Crippen LogP contribution in [0.1, 0.15) is 46.1 Å². The van der Waals surface area contributed by atoms with Gasteiger partial charge >= 0.3 is 0 Å². The molecule has 0 spiro atoms. The summed E-state index contributed by atoms with van der Waals surface area (Å²) in [5.74, 6) is -0.408. The molecule has 1 N–H and O–H groups in total. The third-order valence-electron chi connectivity index (χ3n) is 3.94. The van der Waals surface area contributed by atoms with Crippen molar-refractivity contribution in [2.75, 3.05) is 18.9 Å². The van der Waals surface area contributed by atoms with E-state index in [2.05, 4.69) is 12.2 Å². The maximum atomic E-state index is 12.6. The fourth-order valence-electron chi connectivity index (χ4n) is 2.30. The predicted molar refractivity (Wildman–Crippen MR) is 90.8 cm³/mol. The maximum absolute atomic E-state index is 12.6. The number of anilines is 1. The number of unbranched alkanes of at least 4 members (excludes halogenated alkanes) is 1. The third kappa shape index (κ3) is 4.33. The van der Waals surface area contributed by atoms with Crippen molar-refractivity contribution in [1.82, 2.24) is 4.90 Å². The number of para-hydroxylation sites is 1. The lowest BCUT2D eigenvalue weighted by molar-refractivity contribution is -0.145. The predicted octanol–water partition coefficient (Wildman–Crippen LogP) is 3.47. The first-order valence-corrected chi connectivity index (χ1v) is 7.99. The zero-order valence-corrected chi connectivity index (χ0v) is 14.4.